The van der Waals surface area contributed by atoms with Crippen molar-refractivity contribution < 1.29 is 36.3 Å². The average Bonchev–Trinajstić information content (AvgIpc) is 3.40. The van der Waals surface area contributed by atoms with Crippen LogP contribution in [0, 0.1) is 12.8 Å². The molecule has 0 aliphatic heterocycles. The van der Waals surface area contributed by atoms with Crippen molar-refractivity contribution >= 4 is 69.8 Å². The Balaban J connectivity index is 1.56. The third kappa shape index (κ3) is 7.06. The van der Waals surface area contributed by atoms with Gasteiger partial charge in [-0.25, -0.2) is 0 Å². The highest BCUT2D eigenvalue weighted by Crippen LogP contribution is 2.65. The van der Waals surface area contributed by atoms with Crippen LogP contribution in [-0.2, 0) is 9.59 Å². The Morgan fingerprint density at radius 3 is 2.21 bits per heavy atom. The first kappa shape index (κ1) is 31.2. The fourth-order valence-corrected chi connectivity index (χ4v) is 5.17. The maximum absolute atomic E-state index is 12.9. The van der Waals surface area contributed by atoms with Crippen LogP contribution in [0.25, 0.3) is 0 Å². The molecule has 0 bridgehead atoms. The number of aryl methyl sites for hydroxylation is 1. The van der Waals surface area contributed by atoms with E-state index in [2.05, 4.69) is 10.6 Å². The molecular weight excluding hydrogens is 615 g/mol. The van der Waals surface area contributed by atoms with Gasteiger partial charge in [-0.3, -0.25) is 14.4 Å². The predicted molar refractivity (Wildman–Crippen MR) is 138 cm³/mol. The number of hydrogen-bond donors (Lipinski definition) is 3. The molecule has 2 atom stereocenters. The third-order valence-electron chi connectivity index (χ3n) is 5.80. The number of halogens is 9. The van der Waals surface area contributed by atoms with Crippen molar-refractivity contribution in [1.82, 2.24) is 10.6 Å². The Bertz CT molecular complexity index is 1270. The Morgan fingerprint density at radius 1 is 0.949 bits per heavy atom. The van der Waals surface area contributed by atoms with Gasteiger partial charge in [0.15, 0.2) is 0 Å². The minimum Gasteiger partial charge on any atom is -0.352 e. The van der Waals surface area contributed by atoms with Crippen LogP contribution in [0.5, 0.6) is 0 Å². The first-order valence-corrected chi connectivity index (χ1v) is 12.7. The summed E-state index contributed by atoms with van der Waals surface area (Å²) in [5.41, 5.74) is 1.71. The molecule has 6 nitrogen and oxygen atoms in total. The number of carbonyl (C=O) groups is 3. The summed E-state index contributed by atoms with van der Waals surface area (Å²) < 4.78 is 61.0. The lowest BCUT2D eigenvalue weighted by molar-refractivity contribution is -0.269. The molecule has 3 amide bonds. The van der Waals surface area contributed by atoms with Gasteiger partial charge < -0.3 is 16.0 Å². The Labute approximate surface area is 239 Å². The van der Waals surface area contributed by atoms with Crippen LogP contribution in [-0.4, -0.2) is 47.2 Å². The number of rotatable bonds is 9. The number of alkyl halides is 7. The zero-order valence-electron chi connectivity index (χ0n) is 19.9. The highest BCUT2D eigenvalue weighted by molar-refractivity contribution is 6.53. The largest absolute Gasteiger partial charge is 0.463 e. The first-order valence-electron chi connectivity index (χ1n) is 11.2. The second-order valence-electron chi connectivity index (χ2n) is 8.81. The smallest absolute Gasteiger partial charge is 0.352 e. The summed E-state index contributed by atoms with van der Waals surface area (Å²) >= 11 is 25.0. The van der Waals surface area contributed by atoms with Gasteiger partial charge in [-0.2, -0.15) is 22.0 Å². The molecule has 0 heterocycles. The third-order valence-corrected chi connectivity index (χ3v) is 7.29. The molecule has 39 heavy (non-hydrogen) atoms. The van der Waals surface area contributed by atoms with E-state index in [1.807, 2.05) is 13.0 Å². The number of anilines is 1. The zero-order valence-corrected chi connectivity index (χ0v) is 22.9. The van der Waals surface area contributed by atoms with E-state index >= 15 is 0 Å². The van der Waals surface area contributed by atoms with Gasteiger partial charge in [0.25, 0.3) is 11.8 Å². The second-order valence-corrected chi connectivity index (χ2v) is 11.1. The molecule has 1 aliphatic carbocycles. The molecule has 2 aromatic carbocycles. The molecule has 15 heteroatoms. The van der Waals surface area contributed by atoms with Gasteiger partial charge in [0.1, 0.15) is 4.33 Å². The topological polar surface area (TPSA) is 87.3 Å². The van der Waals surface area contributed by atoms with Crippen molar-refractivity contribution in [3.63, 3.8) is 0 Å². The summed E-state index contributed by atoms with van der Waals surface area (Å²) in [6.07, 6.45) is -6.18. The lowest BCUT2D eigenvalue weighted by Gasteiger charge is -2.18. The van der Waals surface area contributed by atoms with E-state index in [1.54, 1.807) is 12.1 Å². The van der Waals surface area contributed by atoms with Crippen LogP contribution in [0.3, 0.4) is 0 Å². The summed E-state index contributed by atoms with van der Waals surface area (Å²) in [5, 5.41) is 6.99. The number of nitrogens with one attached hydrogen (secondary N) is 3. The van der Waals surface area contributed by atoms with Gasteiger partial charge >= 0.3 is 12.1 Å². The standard InChI is InChI=1S/C24H20Cl4F5N3O3/c1-11-7-12(9-13(25)8-11)17-18(22(17,27)28)20(38)36-14-3-4-16(26)15(10-14)19(37)34-5-2-6-35-21(39)23(29,30)24(31,32)33/h3-4,7-10,17-18H,2,5-6H2,1H3,(H,34,37)(H,35,39)(H,36,38). The normalized spacial score (nSPS) is 18.3. The minimum atomic E-state index is -6.02. The molecule has 3 N–H and O–H groups in total. The molecule has 0 spiro atoms. The summed E-state index contributed by atoms with van der Waals surface area (Å²) in [6, 6.07) is 9.32. The van der Waals surface area contributed by atoms with Crippen LogP contribution < -0.4 is 16.0 Å². The highest BCUT2D eigenvalue weighted by atomic mass is 35.5. The van der Waals surface area contributed by atoms with Crippen molar-refractivity contribution in [2.75, 3.05) is 18.4 Å². The number of carbonyl (C=O) groups excluding carboxylic acids is 3. The highest BCUT2D eigenvalue weighted by Gasteiger charge is 2.67. The van der Waals surface area contributed by atoms with Gasteiger partial charge in [-0.05, 0) is 54.8 Å². The van der Waals surface area contributed by atoms with E-state index in [4.69, 9.17) is 46.4 Å². The quantitative estimate of drug-likeness (QED) is 0.173. The fourth-order valence-electron chi connectivity index (χ4n) is 3.84. The van der Waals surface area contributed by atoms with E-state index in [-0.39, 0.29) is 29.2 Å². The van der Waals surface area contributed by atoms with Gasteiger partial charge in [0.2, 0.25) is 5.91 Å². The molecule has 0 aromatic heterocycles. The van der Waals surface area contributed by atoms with E-state index in [0.717, 1.165) is 5.56 Å². The SMILES string of the molecule is Cc1cc(Cl)cc(C2C(C(=O)Nc3ccc(Cl)c(C(=O)NCCCNC(=O)C(F)(F)C(F)(F)F)c3)C2(Cl)Cl)c1. The second kappa shape index (κ2) is 11.6. The lowest BCUT2D eigenvalue weighted by atomic mass is 10.1. The van der Waals surface area contributed by atoms with Crippen molar-refractivity contribution in [3.05, 3.63) is 63.1 Å². The molecular formula is C24H20Cl4F5N3O3. The number of amides is 3. The molecule has 2 aromatic rings. The first-order chi connectivity index (χ1) is 18.0. The van der Waals surface area contributed by atoms with Crippen molar-refractivity contribution in [2.45, 2.75) is 35.7 Å². The van der Waals surface area contributed by atoms with Crippen molar-refractivity contribution in [1.29, 1.82) is 0 Å². The van der Waals surface area contributed by atoms with Crippen molar-refractivity contribution in [2.24, 2.45) is 5.92 Å². The van der Waals surface area contributed by atoms with Crippen LogP contribution in [0.15, 0.2) is 36.4 Å². The molecule has 1 fully saturated rings. The van der Waals surface area contributed by atoms with Crippen LogP contribution >= 0.6 is 46.4 Å². The fraction of sp³-hybridized carbons (Fsp3) is 0.375. The van der Waals surface area contributed by atoms with Gasteiger partial charge in [0, 0.05) is 29.7 Å². The lowest BCUT2D eigenvalue weighted by Crippen LogP contribution is -2.50. The van der Waals surface area contributed by atoms with Crippen LogP contribution in [0.2, 0.25) is 10.0 Å². The molecule has 3 rings (SSSR count). The Hall–Kier alpha value is -2.34. The summed E-state index contributed by atoms with van der Waals surface area (Å²) in [4.78, 5) is 36.5. The average molecular weight is 635 g/mol. The predicted octanol–water partition coefficient (Wildman–Crippen LogP) is 6.26. The van der Waals surface area contributed by atoms with Gasteiger partial charge in [0.05, 0.1) is 16.5 Å². The number of benzene rings is 2. The monoisotopic (exact) mass is 633 g/mol. The van der Waals surface area contributed by atoms with Gasteiger partial charge in [-0.15, -0.1) is 23.2 Å². The summed E-state index contributed by atoms with van der Waals surface area (Å²) in [6.45, 7) is 1.09. The molecule has 0 radical (unpaired) electrons. The Kier molecular flexibility index (Phi) is 9.31. The maximum Gasteiger partial charge on any atom is 0.463 e. The summed E-state index contributed by atoms with van der Waals surface area (Å²) in [7, 11) is 0. The van der Waals surface area contributed by atoms with Crippen LogP contribution in [0.4, 0.5) is 27.6 Å². The van der Waals surface area contributed by atoms with E-state index < -0.39 is 52.5 Å². The van der Waals surface area contributed by atoms with Crippen LogP contribution in [0.1, 0.15) is 33.8 Å². The van der Waals surface area contributed by atoms with Gasteiger partial charge in [-0.1, -0.05) is 29.3 Å². The summed E-state index contributed by atoms with van der Waals surface area (Å²) in [5.74, 6) is -10.6. The molecule has 0 saturated heterocycles. The number of hydrogen-bond acceptors (Lipinski definition) is 3. The van der Waals surface area contributed by atoms with Crippen molar-refractivity contribution in [3.8, 4) is 0 Å². The molecule has 212 valence electrons. The van der Waals surface area contributed by atoms with E-state index in [0.29, 0.717) is 10.6 Å². The zero-order chi connectivity index (χ0) is 29.3. The minimum absolute atomic E-state index is 0.0198. The molecule has 1 aliphatic rings. The molecule has 2 unspecified atom stereocenters. The molecule has 1 saturated carbocycles. The van der Waals surface area contributed by atoms with E-state index in [9.17, 15) is 36.3 Å². The maximum atomic E-state index is 12.9. The van der Waals surface area contributed by atoms with E-state index in [1.165, 1.54) is 23.5 Å². The Morgan fingerprint density at radius 2 is 1.59 bits per heavy atom.